The van der Waals surface area contributed by atoms with Crippen LogP contribution in [0.15, 0.2) is 47.4 Å². The van der Waals surface area contributed by atoms with Crippen LogP contribution in [-0.2, 0) is 13.1 Å². The van der Waals surface area contributed by atoms with Gasteiger partial charge in [0.1, 0.15) is 12.4 Å². The van der Waals surface area contributed by atoms with Gasteiger partial charge in [0.2, 0.25) is 0 Å². The predicted octanol–water partition coefficient (Wildman–Crippen LogP) is 2.30. The Morgan fingerprint density at radius 1 is 1.30 bits per heavy atom. The average molecular weight is 293 g/mol. The SMILES string of the molecule is CNCc1cc(Cl)ccc1OCCn1ccccc1=O. The van der Waals surface area contributed by atoms with E-state index in [1.165, 1.54) is 6.07 Å². The van der Waals surface area contributed by atoms with Crippen LogP contribution < -0.4 is 15.6 Å². The minimum absolute atomic E-state index is 0.0253. The zero-order chi connectivity index (χ0) is 14.4. The maximum atomic E-state index is 11.6. The molecule has 20 heavy (non-hydrogen) atoms. The summed E-state index contributed by atoms with van der Waals surface area (Å²) < 4.78 is 7.36. The molecule has 2 aromatic rings. The van der Waals surface area contributed by atoms with Crippen molar-refractivity contribution in [3.05, 3.63) is 63.5 Å². The van der Waals surface area contributed by atoms with Crippen LogP contribution >= 0.6 is 11.6 Å². The van der Waals surface area contributed by atoms with Gasteiger partial charge in [0.25, 0.3) is 5.56 Å². The minimum Gasteiger partial charge on any atom is -0.491 e. The maximum Gasteiger partial charge on any atom is 0.250 e. The van der Waals surface area contributed by atoms with Gasteiger partial charge in [-0.2, -0.15) is 0 Å². The number of hydrogen-bond donors (Lipinski definition) is 1. The van der Waals surface area contributed by atoms with Gasteiger partial charge in [0.05, 0.1) is 6.54 Å². The fraction of sp³-hybridized carbons (Fsp3) is 0.267. The molecule has 2 rings (SSSR count). The Morgan fingerprint density at radius 3 is 2.90 bits per heavy atom. The summed E-state index contributed by atoms with van der Waals surface area (Å²) in [6, 6.07) is 10.6. The van der Waals surface area contributed by atoms with E-state index >= 15 is 0 Å². The van der Waals surface area contributed by atoms with Crippen LogP contribution in [0.5, 0.6) is 5.75 Å². The van der Waals surface area contributed by atoms with Gasteiger partial charge >= 0.3 is 0 Å². The first-order valence-electron chi connectivity index (χ1n) is 6.42. The Hall–Kier alpha value is -1.78. The summed E-state index contributed by atoms with van der Waals surface area (Å²) in [5.74, 6) is 0.785. The molecule has 0 amide bonds. The number of halogens is 1. The van der Waals surface area contributed by atoms with Gasteiger partial charge < -0.3 is 14.6 Å². The van der Waals surface area contributed by atoms with Crippen molar-refractivity contribution in [2.45, 2.75) is 13.1 Å². The smallest absolute Gasteiger partial charge is 0.250 e. The van der Waals surface area contributed by atoms with Crippen molar-refractivity contribution in [3.63, 3.8) is 0 Å². The van der Waals surface area contributed by atoms with Crippen molar-refractivity contribution in [1.29, 1.82) is 0 Å². The summed E-state index contributed by atoms with van der Waals surface area (Å²) in [7, 11) is 1.87. The molecule has 0 aliphatic rings. The van der Waals surface area contributed by atoms with Crippen LogP contribution in [0.1, 0.15) is 5.56 Å². The molecule has 5 heteroatoms. The average Bonchev–Trinajstić information content (AvgIpc) is 2.43. The fourth-order valence-electron chi connectivity index (χ4n) is 1.92. The number of ether oxygens (including phenoxy) is 1. The van der Waals surface area contributed by atoms with E-state index < -0.39 is 0 Å². The maximum absolute atomic E-state index is 11.6. The third-order valence-corrected chi connectivity index (χ3v) is 3.11. The Labute approximate surface area is 123 Å². The fourth-order valence-corrected chi connectivity index (χ4v) is 2.11. The Bertz CT molecular complexity index is 625. The number of hydrogen-bond acceptors (Lipinski definition) is 3. The summed E-state index contributed by atoms with van der Waals surface area (Å²) in [6.07, 6.45) is 1.75. The standard InChI is InChI=1S/C15H17ClN2O2/c1-17-11-12-10-13(16)5-6-14(12)20-9-8-18-7-3-2-4-15(18)19/h2-7,10,17H,8-9,11H2,1H3. The number of pyridine rings is 1. The second-order valence-corrected chi connectivity index (χ2v) is 4.80. The number of rotatable bonds is 6. The molecular formula is C15H17ClN2O2. The topological polar surface area (TPSA) is 43.3 Å². The highest BCUT2D eigenvalue weighted by molar-refractivity contribution is 6.30. The molecule has 0 aliphatic heterocycles. The predicted molar refractivity (Wildman–Crippen MR) is 80.4 cm³/mol. The molecule has 106 valence electrons. The minimum atomic E-state index is -0.0253. The number of nitrogens with one attached hydrogen (secondary N) is 1. The molecule has 0 saturated heterocycles. The lowest BCUT2D eigenvalue weighted by Gasteiger charge is -2.12. The monoisotopic (exact) mass is 292 g/mol. The van der Waals surface area contributed by atoms with Crippen LogP contribution in [0.3, 0.4) is 0 Å². The van der Waals surface area contributed by atoms with Crippen molar-refractivity contribution >= 4 is 11.6 Å². The summed E-state index contributed by atoms with van der Waals surface area (Å²) in [5.41, 5.74) is 0.975. The second kappa shape index (κ2) is 7.12. The highest BCUT2D eigenvalue weighted by atomic mass is 35.5. The van der Waals surface area contributed by atoms with Crippen molar-refractivity contribution in [2.75, 3.05) is 13.7 Å². The first-order chi connectivity index (χ1) is 9.70. The molecule has 0 bridgehead atoms. The molecule has 4 nitrogen and oxygen atoms in total. The molecule has 1 N–H and O–H groups in total. The summed E-state index contributed by atoms with van der Waals surface area (Å²) >= 11 is 5.97. The van der Waals surface area contributed by atoms with Gasteiger partial charge in [-0.3, -0.25) is 4.79 Å². The number of nitrogens with zero attached hydrogens (tertiary/aromatic N) is 1. The Balaban J connectivity index is 2.01. The van der Waals surface area contributed by atoms with E-state index in [1.54, 1.807) is 22.9 Å². The second-order valence-electron chi connectivity index (χ2n) is 4.36. The lowest BCUT2D eigenvalue weighted by molar-refractivity contribution is 0.293. The van der Waals surface area contributed by atoms with Crippen LogP contribution in [0, 0.1) is 0 Å². The van der Waals surface area contributed by atoms with Crippen LogP contribution in [0.25, 0.3) is 0 Å². The van der Waals surface area contributed by atoms with E-state index in [-0.39, 0.29) is 5.56 Å². The van der Waals surface area contributed by atoms with Crippen molar-refractivity contribution in [3.8, 4) is 5.75 Å². The quantitative estimate of drug-likeness (QED) is 0.888. The molecule has 0 radical (unpaired) electrons. The molecule has 0 saturated carbocycles. The first kappa shape index (κ1) is 14.6. The van der Waals surface area contributed by atoms with Gasteiger partial charge in [-0.1, -0.05) is 17.7 Å². The van der Waals surface area contributed by atoms with Gasteiger partial charge in [-0.15, -0.1) is 0 Å². The largest absolute Gasteiger partial charge is 0.491 e. The molecular weight excluding hydrogens is 276 g/mol. The Kier molecular flexibility index (Phi) is 5.21. The first-order valence-corrected chi connectivity index (χ1v) is 6.80. The highest BCUT2D eigenvalue weighted by Crippen LogP contribution is 2.22. The van der Waals surface area contributed by atoms with E-state index in [0.717, 1.165) is 11.3 Å². The van der Waals surface area contributed by atoms with Crippen molar-refractivity contribution < 1.29 is 4.74 Å². The normalized spacial score (nSPS) is 10.5. The van der Waals surface area contributed by atoms with Crippen molar-refractivity contribution in [2.24, 2.45) is 0 Å². The van der Waals surface area contributed by atoms with Gasteiger partial charge in [-0.05, 0) is 31.3 Å². The molecule has 0 aliphatic carbocycles. The molecule has 0 atom stereocenters. The Morgan fingerprint density at radius 2 is 2.15 bits per heavy atom. The molecule has 1 aromatic carbocycles. The van der Waals surface area contributed by atoms with Crippen LogP contribution in [0.4, 0.5) is 0 Å². The molecule has 0 spiro atoms. The van der Waals surface area contributed by atoms with Crippen LogP contribution in [0.2, 0.25) is 5.02 Å². The van der Waals surface area contributed by atoms with E-state index in [1.807, 2.05) is 25.2 Å². The van der Waals surface area contributed by atoms with E-state index in [4.69, 9.17) is 16.3 Å². The van der Waals surface area contributed by atoms with E-state index in [0.29, 0.717) is 24.7 Å². The zero-order valence-corrected chi connectivity index (χ0v) is 12.1. The third-order valence-electron chi connectivity index (χ3n) is 2.88. The lowest BCUT2D eigenvalue weighted by atomic mass is 10.2. The molecule has 0 fully saturated rings. The zero-order valence-electron chi connectivity index (χ0n) is 11.3. The molecule has 0 unspecified atom stereocenters. The third kappa shape index (κ3) is 3.85. The summed E-state index contributed by atoms with van der Waals surface area (Å²) in [4.78, 5) is 11.6. The van der Waals surface area contributed by atoms with Gasteiger partial charge in [0, 0.05) is 29.4 Å². The van der Waals surface area contributed by atoms with Gasteiger partial charge in [0.15, 0.2) is 0 Å². The summed E-state index contributed by atoms with van der Waals surface area (Å²) in [6.45, 7) is 1.63. The number of benzene rings is 1. The number of aromatic nitrogens is 1. The van der Waals surface area contributed by atoms with Crippen LogP contribution in [-0.4, -0.2) is 18.2 Å². The molecule has 1 aromatic heterocycles. The summed E-state index contributed by atoms with van der Waals surface area (Å²) in [5, 5.41) is 3.76. The van der Waals surface area contributed by atoms with E-state index in [9.17, 15) is 4.79 Å². The van der Waals surface area contributed by atoms with Crippen molar-refractivity contribution in [1.82, 2.24) is 9.88 Å². The molecule has 1 heterocycles. The van der Waals surface area contributed by atoms with E-state index in [2.05, 4.69) is 5.32 Å². The lowest BCUT2D eigenvalue weighted by Crippen LogP contribution is -2.21. The highest BCUT2D eigenvalue weighted by Gasteiger charge is 2.04. The van der Waals surface area contributed by atoms with Gasteiger partial charge in [-0.25, -0.2) is 0 Å².